The monoisotopic (exact) mass is 359 g/mol. The van der Waals surface area contributed by atoms with Crippen molar-refractivity contribution in [1.29, 1.82) is 0 Å². The van der Waals surface area contributed by atoms with E-state index in [2.05, 4.69) is 20.6 Å². The van der Waals surface area contributed by atoms with Gasteiger partial charge in [-0.2, -0.15) is 4.98 Å². The van der Waals surface area contributed by atoms with Crippen molar-refractivity contribution in [3.63, 3.8) is 0 Å². The molecule has 0 aromatic carbocycles. The largest absolute Gasteiger partial charge is 0.360 e. The highest BCUT2D eigenvalue weighted by atomic mass is 16.5. The second-order valence-electron chi connectivity index (χ2n) is 6.91. The van der Waals surface area contributed by atoms with Crippen molar-refractivity contribution in [1.82, 2.24) is 25.5 Å². The van der Waals surface area contributed by atoms with Crippen molar-refractivity contribution in [3.8, 4) is 0 Å². The smallest absolute Gasteiger partial charge is 0.276 e. The van der Waals surface area contributed by atoms with Crippen LogP contribution < -0.4 is 5.32 Å². The van der Waals surface area contributed by atoms with Crippen molar-refractivity contribution >= 4 is 11.8 Å². The Kier molecular flexibility index (Phi) is 4.44. The summed E-state index contributed by atoms with van der Waals surface area (Å²) in [6.07, 6.45) is 3.44. The van der Waals surface area contributed by atoms with Gasteiger partial charge in [-0.15, -0.1) is 0 Å². The van der Waals surface area contributed by atoms with Crippen molar-refractivity contribution in [3.05, 3.63) is 29.2 Å². The minimum atomic E-state index is -0.124. The second-order valence-corrected chi connectivity index (χ2v) is 6.91. The zero-order valence-electron chi connectivity index (χ0n) is 14.6. The first kappa shape index (κ1) is 16.7. The van der Waals surface area contributed by atoms with Crippen LogP contribution in [0.5, 0.6) is 0 Å². The first-order valence-corrected chi connectivity index (χ1v) is 8.93. The summed E-state index contributed by atoms with van der Waals surface area (Å²) in [7, 11) is 0. The van der Waals surface area contributed by atoms with E-state index in [0.29, 0.717) is 49.3 Å². The SMILES string of the molecule is Cc1noc(CNC(=O)C2CCN(C(=O)c3cc(C4CC4)on3)CC2)n1. The van der Waals surface area contributed by atoms with Gasteiger partial charge in [-0.25, -0.2) is 0 Å². The third kappa shape index (κ3) is 3.61. The lowest BCUT2D eigenvalue weighted by Crippen LogP contribution is -2.43. The van der Waals surface area contributed by atoms with Gasteiger partial charge in [0, 0.05) is 31.0 Å². The van der Waals surface area contributed by atoms with Crippen LogP contribution in [0.25, 0.3) is 0 Å². The van der Waals surface area contributed by atoms with Gasteiger partial charge in [0.1, 0.15) is 5.76 Å². The topological polar surface area (TPSA) is 114 Å². The predicted molar refractivity (Wildman–Crippen MR) is 88.0 cm³/mol. The lowest BCUT2D eigenvalue weighted by atomic mass is 9.95. The fourth-order valence-corrected chi connectivity index (χ4v) is 3.18. The molecule has 3 heterocycles. The lowest BCUT2D eigenvalue weighted by molar-refractivity contribution is -0.126. The summed E-state index contributed by atoms with van der Waals surface area (Å²) in [6, 6.07) is 1.76. The normalized spacial score (nSPS) is 18.1. The van der Waals surface area contributed by atoms with Gasteiger partial charge in [0.15, 0.2) is 11.5 Å². The Bertz CT molecular complexity index is 802. The van der Waals surface area contributed by atoms with E-state index in [1.54, 1.807) is 17.9 Å². The molecule has 9 heteroatoms. The Morgan fingerprint density at radius 2 is 1.96 bits per heavy atom. The van der Waals surface area contributed by atoms with Gasteiger partial charge in [-0.05, 0) is 32.6 Å². The number of amides is 2. The average Bonchev–Trinajstić information content (AvgIpc) is 3.24. The molecule has 2 aliphatic rings. The molecule has 2 amide bonds. The molecule has 2 aromatic heterocycles. The lowest BCUT2D eigenvalue weighted by Gasteiger charge is -2.30. The minimum absolute atomic E-state index is 0.0505. The summed E-state index contributed by atoms with van der Waals surface area (Å²) in [6.45, 7) is 3.01. The van der Waals surface area contributed by atoms with E-state index >= 15 is 0 Å². The van der Waals surface area contributed by atoms with Gasteiger partial charge in [0.05, 0.1) is 6.54 Å². The Labute approximate surface area is 150 Å². The van der Waals surface area contributed by atoms with Crippen LogP contribution in [0, 0.1) is 12.8 Å². The molecule has 2 fully saturated rings. The zero-order chi connectivity index (χ0) is 18.1. The highest BCUT2D eigenvalue weighted by molar-refractivity contribution is 5.92. The summed E-state index contributed by atoms with van der Waals surface area (Å²) in [4.78, 5) is 30.6. The highest BCUT2D eigenvalue weighted by Crippen LogP contribution is 2.40. The Morgan fingerprint density at radius 3 is 2.62 bits per heavy atom. The molecular weight excluding hydrogens is 338 g/mol. The van der Waals surface area contributed by atoms with E-state index in [-0.39, 0.29) is 24.3 Å². The summed E-state index contributed by atoms with van der Waals surface area (Å²) >= 11 is 0. The van der Waals surface area contributed by atoms with E-state index in [0.717, 1.165) is 18.6 Å². The summed E-state index contributed by atoms with van der Waals surface area (Å²) in [5.41, 5.74) is 0.363. The quantitative estimate of drug-likeness (QED) is 0.858. The fraction of sp³-hybridized carbons (Fsp3) is 0.588. The summed E-state index contributed by atoms with van der Waals surface area (Å²) in [5, 5.41) is 10.4. The maximum atomic E-state index is 12.5. The minimum Gasteiger partial charge on any atom is -0.360 e. The Morgan fingerprint density at radius 1 is 1.19 bits per heavy atom. The number of carbonyl (C=O) groups is 2. The van der Waals surface area contributed by atoms with Crippen molar-refractivity contribution in [2.75, 3.05) is 13.1 Å². The van der Waals surface area contributed by atoms with Crippen molar-refractivity contribution in [2.45, 2.75) is 45.1 Å². The van der Waals surface area contributed by atoms with Crippen LogP contribution in [0.15, 0.2) is 15.1 Å². The Hall–Kier alpha value is -2.71. The van der Waals surface area contributed by atoms with Crippen LogP contribution in [-0.4, -0.2) is 45.1 Å². The molecule has 0 bridgehead atoms. The predicted octanol–water partition coefficient (Wildman–Crippen LogP) is 1.41. The van der Waals surface area contributed by atoms with Crippen LogP contribution in [0.1, 0.15) is 59.6 Å². The van der Waals surface area contributed by atoms with Gasteiger partial charge in [-0.3, -0.25) is 9.59 Å². The maximum Gasteiger partial charge on any atom is 0.276 e. The standard InChI is InChI=1S/C17H21N5O4/c1-10-19-15(26-20-10)9-18-16(23)12-4-6-22(7-5-12)17(24)13-8-14(25-21-13)11-2-3-11/h8,11-12H,2-7,9H2,1H3,(H,18,23). The van der Waals surface area contributed by atoms with E-state index in [9.17, 15) is 9.59 Å². The van der Waals surface area contributed by atoms with E-state index in [1.807, 2.05) is 0 Å². The molecule has 0 atom stereocenters. The van der Waals surface area contributed by atoms with Crippen LogP contribution in [-0.2, 0) is 11.3 Å². The van der Waals surface area contributed by atoms with Crippen molar-refractivity contribution < 1.29 is 18.6 Å². The number of likely N-dealkylation sites (tertiary alicyclic amines) is 1. The number of carbonyl (C=O) groups excluding carboxylic acids is 2. The number of aromatic nitrogens is 3. The van der Waals surface area contributed by atoms with Gasteiger partial charge in [-0.1, -0.05) is 10.3 Å². The van der Waals surface area contributed by atoms with Crippen LogP contribution in [0.4, 0.5) is 0 Å². The number of hydrogen-bond acceptors (Lipinski definition) is 7. The highest BCUT2D eigenvalue weighted by Gasteiger charge is 2.32. The number of rotatable bonds is 5. The molecule has 0 unspecified atom stereocenters. The van der Waals surface area contributed by atoms with Crippen LogP contribution in [0.2, 0.25) is 0 Å². The van der Waals surface area contributed by atoms with E-state index in [4.69, 9.17) is 9.05 Å². The molecule has 0 spiro atoms. The molecule has 26 heavy (non-hydrogen) atoms. The first-order chi connectivity index (χ1) is 12.6. The summed E-state index contributed by atoms with van der Waals surface area (Å²) < 4.78 is 10.2. The molecule has 1 saturated carbocycles. The average molecular weight is 359 g/mol. The molecule has 0 radical (unpaired) electrons. The number of nitrogens with one attached hydrogen (secondary N) is 1. The van der Waals surface area contributed by atoms with E-state index in [1.165, 1.54) is 0 Å². The molecule has 4 rings (SSSR count). The Balaban J connectivity index is 1.26. The van der Waals surface area contributed by atoms with Crippen molar-refractivity contribution in [2.24, 2.45) is 5.92 Å². The van der Waals surface area contributed by atoms with Gasteiger partial charge >= 0.3 is 0 Å². The summed E-state index contributed by atoms with van der Waals surface area (Å²) in [5.74, 6) is 1.87. The van der Waals surface area contributed by atoms with Gasteiger partial charge < -0.3 is 19.3 Å². The van der Waals surface area contributed by atoms with Crippen LogP contribution in [0.3, 0.4) is 0 Å². The number of hydrogen-bond donors (Lipinski definition) is 1. The third-order valence-corrected chi connectivity index (χ3v) is 4.86. The number of aryl methyl sites for hydroxylation is 1. The molecule has 138 valence electrons. The molecule has 9 nitrogen and oxygen atoms in total. The van der Waals surface area contributed by atoms with Crippen LogP contribution >= 0.6 is 0 Å². The first-order valence-electron chi connectivity index (χ1n) is 8.93. The molecule has 1 aliphatic heterocycles. The molecule has 2 aromatic rings. The number of nitrogens with zero attached hydrogens (tertiary/aromatic N) is 4. The zero-order valence-corrected chi connectivity index (χ0v) is 14.6. The van der Waals surface area contributed by atoms with E-state index < -0.39 is 0 Å². The molecule has 1 aliphatic carbocycles. The second kappa shape index (κ2) is 6.89. The molecule has 1 N–H and O–H groups in total. The molecule has 1 saturated heterocycles. The third-order valence-electron chi connectivity index (χ3n) is 4.86. The maximum absolute atomic E-state index is 12.5. The number of piperidine rings is 1. The molecular formula is C17H21N5O4. The fourth-order valence-electron chi connectivity index (χ4n) is 3.18. The van der Waals surface area contributed by atoms with Gasteiger partial charge in [0.2, 0.25) is 11.8 Å². The van der Waals surface area contributed by atoms with Gasteiger partial charge in [0.25, 0.3) is 5.91 Å².